The van der Waals surface area contributed by atoms with Crippen molar-refractivity contribution in [3.8, 4) is 0 Å². The van der Waals surface area contributed by atoms with E-state index in [2.05, 4.69) is 45.8 Å². The fourth-order valence-electron chi connectivity index (χ4n) is 3.13. The van der Waals surface area contributed by atoms with Crippen LogP contribution in [0.15, 0.2) is 41.3 Å². The van der Waals surface area contributed by atoms with Gasteiger partial charge in [0.1, 0.15) is 0 Å². The molecule has 2 bridgehead atoms. The Morgan fingerprint density at radius 3 is 2.65 bits per heavy atom. The minimum atomic E-state index is 0.437. The SMILES string of the molecule is CSc1cccc(NC(=S)NNC(=S)N[C@@H]2C[C@H]3C=C[C@H]2C3)c1. The van der Waals surface area contributed by atoms with Gasteiger partial charge in [-0.1, -0.05) is 18.2 Å². The fraction of sp³-hybridized carbons (Fsp3) is 0.375. The first-order valence-corrected chi connectivity index (χ1v) is 9.64. The Bertz CT molecular complexity index is 632. The van der Waals surface area contributed by atoms with Crippen LogP contribution < -0.4 is 21.5 Å². The molecule has 0 amide bonds. The van der Waals surface area contributed by atoms with E-state index < -0.39 is 0 Å². The lowest BCUT2D eigenvalue weighted by Crippen LogP contribution is -2.51. The minimum absolute atomic E-state index is 0.437. The van der Waals surface area contributed by atoms with Crippen LogP contribution in [0.5, 0.6) is 0 Å². The lowest BCUT2D eigenvalue weighted by Gasteiger charge is -2.22. The maximum absolute atomic E-state index is 5.33. The second kappa shape index (κ2) is 7.51. The summed E-state index contributed by atoms with van der Waals surface area (Å²) in [7, 11) is 0. The van der Waals surface area contributed by atoms with Gasteiger partial charge in [-0.15, -0.1) is 11.8 Å². The highest BCUT2D eigenvalue weighted by Crippen LogP contribution is 2.38. The molecule has 1 fully saturated rings. The molecule has 2 aliphatic rings. The topological polar surface area (TPSA) is 48.1 Å². The molecule has 0 aromatic heterocycles. The summed E-state index contributed by atoms with van der Waals surface area (Å²) in [6.45, 7) is 0. The Hall–Kier alpha value is -1.31. The highest BCUT2D eigenvalue weighted by atomic mass is 32.2. The molecule has 0 saturated heterocycles. The molecule has 1 saturated carbocycles. The van der Waals surface area contributed by atoms with Crippen molar-refractivity contribution in [2.75, 3.05) is 11.6 Å². The van der Waals surface area contributed by atoms with Crippen molar-refractivity contribution in [3.05, 3.63) is 36.4 Å². The summed E-state index contributed by atoms with van der Waals surface area (Å²) in [4.78, 5) is 1.19. The van der Waals surface area contributed by atoms with E-state index in [1.165, 1.54) is 11.3 Å². The summed E-state index contributed by atoms with van der Waals surface area (Å²) in [5, 5.41) is 7.57. The van der Waals surface area contributed by atoms with Crippen molar-refractivity contribution in [3.63, 3.8) is 0 Å². The summed E-state index contributed by atoms with van der Waals surface area (Å²) >= 11 is 12.3. The first-order chi connectivity index (χ1) is 11.1. The minimum Gasteiger partial charge on any atom is -0.358 e. The molecule has 4 nitrogen and oxygen atoms in total. The molecule has 4 N–H and O–H groups in total. The normalized spacial score (nSPS) is 24.3. The number of hydrazine groups is 1. The Morgan fingerprint density at radius 2 is 1.96 bits per heavy atom. The van der Waals surface area contributed by atoms with E-state index in [0.717, 1.165) is 18.0 Å². The molecule has 7 heteroatoms. The Balaban J connectivity index is 1.41. The predicted molar refractivity (Wildman–Crippen MR) is 106 cm³/mol. The maximum Gasteiger partial charge on any atom is 0.189 e. The quantitative estimate of drug-likeness (QED) is 0.285. The third-order valence-electron chi connectivity index (χ3n) is 4.21. The van der Waals surface area contributed by atoms with Gasteiger partial charge in [0.25, 0.3) is 0 Å². The van der Waals surface area contributed by atoms with E-state index in [9.17, 15) is 0 Å². The molecular formula is C16H20N4S3. The van der Waals surface area contributed by atoms with Gasteiger partial charge < -0.3 is 10.6 Å². The Labute approximate surface area is 151 Å². The van der Waals surface area contributed by atoms with Crippen LogP contribution >= 0.6 is 36.2 Å². The van der Waals surface area contributed by atoms with Gasteiger partial charge in [-0.05, 0) is 73.6 Å². The highest BCUT2D eigenvalue weighted by Gasteiger charge is 2.35. The van der Waals surface area contributed by atoms with Crippen LogP contribution in [0.25, 0.3) is 0 Å². The molecule has 3 rings (SSSR count). The molecule has 2 aliphatic carbocycles. The van der Waals surface area contributed by atoms with E-state index >= 15 is 0 Å². The van der Waals surface area contributed by atoms with Gasteiger partial charge >= 0.3 is 0 Å². The van der Waals surface area contributed by atoms with Gasteiger partial charge in [0.05, 0.1) is 0 Å². The first kappa shape index (κ1) is 16.5. The number of hydrogen-bond donors (Lipinski definition) is 4. The van der Waals surface area contributed by atoms with Gasteiger partial charge in [-0.25, -0.2) is 0 Å². The van der Waals surface area contributed by atoms with E-state index in [1.807, 2.05) is 18.4 Å². The van der Waals surface area contributed by atoms with Crippen LogP contribution in [0, 0.1) is 11.8 Å². The molecule has 122 valence electrons. The number of benzene rings is 1. The number of fused-ring (bicyclic) bond motifs is 2. The van der Waals surface area contributed by atoms with Gasteiger partial charge in [0, 0.05) is 16.6 Å². The number of hydrogen-bond acceptors (Lipinski definition) is 3. The van der Waals surface area contributed by atoms with Crippen molar-refractivity contribution >= 4 is 52.1 Å². The number of nitrogens with one attached hydrogen (secondary N) is 4. The second-order valence-corrected chi connectivity index (χ2v) is 7.49. The average molecular weight is 365 g/mol. The fourth-order valence-corrected chi connectivity index (χ4v) is 3.96. The van der Waals surface area contributed by atoms with Crippen LogP contribution in [0.3, 0.4) is 0 Å². The Morgan fingerprint density at radius 1 is 1.13 bits per heavy atom. The van der Waals surface area contributed by atoms with E-state index in [-0.39, 0.29) is 0 Å². The van der Waals surface area contributed by atoms with Crippen molar-refractivity contribution in [1.29, 1.82) is 0 Å². The summed E-state index contributed by atoms with van der Waals surface area (Å²) in [5.41, 5.74) is 6.84. The lowest BCUT2D eigenvalue weighted by molar-refractivity contribution is 0.518. The molecule has 23 heavy (non-hydrogen) atoms. The smallest absolute Gasteiger partial charge is 0.189 e. The zero-order chi connectivity index (χ0) is 16.2. The molecule has 1 aromatic carbocycles. The molecule has 1 aromatic rings. The summed E-state index contributed by atoms with van der Waals surface area (Å²) in [5.74, 6) is 1.33. The van der Waals surface area contributed by atoms with E-state index in [4.69, 9.17) is 24.4 Å². The van der Waals surface area contributed by atoms with Crippen molar-refractivity contribution in [2.45, 2.75) is 23.8 Å². The predicted octanol–water partition coefficient (Wildman–Crippen LogP) is 3.04. The largest absolute Gasteiger partial charge is 0.358 e. The molecular weight excluding hydrogens is 344 g/mol. The van der Waals surface area contributed by atoms with Gasteiger partial charge in [-0.3, -0.25) is 10.9 Å². The first-order valence-electron chi connectivity index (χ1n) is 7.60. The summed E-state index contributed by atoms with van der Waals surface area (Å²) in [6.07, 6.45) is 9.07. The summed E-state index contributed by atoms with van der Waals surface area (Å²) < 4.78 is 0. The van der Waals surface area contributed by atoms with Crippen LogP contribution in [-0.4, -0.2) is 22.5 Å². The van der Waals surface area contributed by atoms with Crippen LogP contribution in [0.2, 0.25) is 0 Å². The average Bonchev–Trinajstić information content (AvgIpc) is 3.16. The monoisotopic (exact) mass is 364 g/mol. The summed E-state index contributed by atoms with van der Waals surface area (Å²) in [6, 6.07) is 8.53. The van der Waals surface area contributed by atoms with Crippen LogP contribution in [0.1, 0.15) is 12.8 Å². The number of rotatable bonds is 3. The molecule has 0 unspecified atom stereocenters. The third-order valence-corrected chi connectivity index (χ3v) is 5.36. The van der Waals surface area contributed by atoms with Gasteiger partial charge in [0.2, 0.25) is 0 Å². The molecule has 3 atom stereocenters. The van der Waals surface area contributed by atoms with Crippen LogP contribution in [-0.2, 0) is 0 Å². The highest BCUT2D eigenvalue weighted by molar-refractivity contribution is 7.98. The third kappa shape index (κ3) is 4.37. The standard InChI is InChI=1S/C16H20N4S3/c1-23-13-4-2-3-12(9-13)17-15(21)19-20-16(22)18-14-8-10-5-6-11(14)7-10/h2-6,9-11,14H,7-8H2,1H3,(H2,17,19,21)(H2,18,20,22)/t10-,11-,14+/m0/s1. The number of anilines is 1. The second-order valence-electron chi connectivity index (χ2n) is 5.80. The molecule has 0 radical (unpaired) electrons. The van der Waals surface area contributed by atoms with Crippen molar-refractivity contribution < 1.29 is 0 Å². The van der Waals surface area contributed by atoms with Gasteiger partial charge in [0.15, 0.2) is 10.2 Å². The van der Waals surface area contributed by atoms with E-state index in [1.54, 1.807) is 11.8 Å². The Kier molecular flexibility index (Phi) is 5.40. The van der Waals surface area contributed by atoms with E-state index in [0.29, 0.717) is 22.2 Å². The molecule has 0 spiro atoms. The van der Waals surface area contributed by atoms with Crippen molar-refractivity contribution in [1.82, 2.24) is 16.2 Å². The van der Waals surface area contributed by atoms with Crippen molar-refractivity contribution in [2.24, 2.45) is 11.8 Å². The zero-order valence-corrected chi connectivity index (χ0v) is 15.3. The number of allylic oxidation sites excluding steroid dienone is 1. The lowest BCUT2D eigenvalue weighted by atomic mass is 10.0. The number of thioether (sulfide) groups is 1. The number of thiocarbonyl (C=S) groups is 2. The maximum atomic E-state index is 5.33. The molecule has 0 aliphatic heterocycles. The van der Waals surface area contributed by atoms with Gasteiger partial charge in [-0.2, -0.15) is 0 Å². The van der Waals surface area contributed by atoms with Crippen LogP contribution in [0.4, 0.5) is 5.69 Å². The zero-order valence-electron chi connectivity index (χ0n) is 12.8. The molecule has 0 heterocycles.